The van der Waals surface area contributed by atoms with Gasteiger partial charge in [-0.3, -0.25) is 19.4 Å². The summed E-state index contributed by atoms with van der Waals surface area (Å²) < 4.78 is 0. The molecule has 0 spiro atoms. The molecule has 1 unspecified atom stereocenters. The minimum Gasteiger partial charge on any atom is -0.481 e. The minimum absolute atomic E-state index is 0.0184. The molecule has 0 saturated heterocycles. The van der Waals surface area contributed by atoms with Gasteiger partial charge in [-0.1, -0.05) is 0 Å². The largest absolute Gasteiger partial charge is 0.481 e. The summed E-state index contributed by atoms with van der Waals surface area (Å²) in [7, 11) is 0. The lowest BCUT2D eigenvalue weighted by molar-refractivity contribution is -0.141. The number of carbonyl (C=O) groups is 3. The lowest BCUT2D eigenvalue weighted by Gasteiger charge is -2.27. The molecule has 1 aromatic carbocycles. The third-order valence-electron chi connectivity index (χ3n) is 5.11. The summed E-state index contributed by atoms with van der Waals surface area (Å²) in [6, 6.07) is 4.62. The molecule has 1 amide bonds. The number of rotatable bonds is 10. The molecule has 0 radical (unpaired) electrons. The number of aromatic amines is 1. The van der Waals surface area contributed by atoms with Crippen molar-refractivity contribution < 1.29 is 24.6 Å². The van der Waals surface area contributed by atoms with Crippen LogP contribution in [-0.4, -0.2) is 69.4 Å². The van der Waals surface area contributed by atoms with Crippen molar-refractivity contribution in [2.45, 2.75) is 18.5 Å². The summed E-state index contributed by atoms with van der Waals surface area (Å²) >= 11 is 0. The maximum absolute atomic E-state index is 12.4. The summed E-state index contributed by atoms with van der Waals surface area (Å²) in [6.07, 6.45) is 0.179. The van der Waals surface area contributed by atoms with Crippen LogP contribution in [0.2, 0.25) is 0 Å². The third-order valence-corrected chi connectivity index (χ3v) is 5.11. The number of H-pyrrole nitrogens is 1. The van der Waals surface area contributed by atoms with E-state index < -0.39 is 36.2 Å². The topological polar surface area (TPSA) is 235 Å². The average Bonchev–Trinajstić information content (AvgIpc) is 2.80. The number of nitrogen functional groups attached to an aromatic ring is 1. The molecule has 3 rings (SSSR count). The summed E-state index contributed by atoms with van der Waals surface area (Å²) in [6.45, 7) is 0.920. The van der Waals surface area contributed by atoms with Gasteiger partial charge in [-0.2, -0.15) is 4.98 Å². The first-order valence-electron chi connectivity index (χ1n) is 10.2. The monoisotopic (exact) mass is 472 g/mol. The number of carboxylic acids is 2. The highest BCUT2D eigenvalue weighted by Gasteiger charge is 2.27. The van der Waals surface area contributed by atoms with E-state index in [9.17, 15) is 24.3 Å². The van der Waals surface area contributed by atoms with E-state index in [1.54, 1.807) is 12.1 Å². The predicted molar refractivity (Wildman–Crippen MR) is 124 cm³/mol. The van der Waals surface area contributed by atoms with Crippen molar-refractivity contribution in [2.75, 3.05) is 34.8 Å². The zero-order valence-corrected chi connectivity index (χ0v) is 17.8. The number of carboxylic acid groups (broad SMARTS) is 2. The molecule has 34 heavy (non-hydrogen) atoms. The summed E-state index contributed by atoms with van der Waals surface area (Å²) in [5.74, 6) is -4.36. The fourth-order valence-electron chi connectivity index (χ4n) is 3.29. The van der Waals surface area contributed by atoms with Crippen LogP contribution in [0.3, 0.4) is 0 Å². The van der Waals surface area contributed by atoms with E-state index in [0.717, 1.165) is 0 Å². The van der Waals surface area contributed by atoms with E-state index in [0.29, 0.717) is 36.5 Å². The second-order valence-corrected chi connectivity index (χ2v) is 7.57. The first-order valence-corrected chi connectivity index (χ1v) is 10.2. The third kappa shape index (κ3) is 5.79. The number of benzene rings is 1. The van der Waals surface area contributed by atoms with Crippen molar-refractivity contribution in [1.29, 1.82) is 5.41 Å². The SMILES string of the molecule is N=CC(C[C@H](NC(=O)c1ccc(NC[C@H]2CNc3nc(N)[nH]c(=O)c3N2)cc1)C(=O)O)C(=O)O. The molecule has 0 bridgehead atoms. The number of carbonyl (C=O) groups excluding carboxylic acids is 1. The van der Waals surface area contributed by atoms with E-state index in [1.807, 2.05) is 0 Å². The van der Waals surface area contributed by atoms with Crippen molar-refractivity contribution in [2.24, 2.45) is 5.92 Å². The lowest BCUT2D eigenvalue weighted by Crippen LogP contribution is -2.43. The molecule has 0 fully saturated rings. The highest BCUT2D eigenvalue weighted by Crippen LogP contribution is 2.20. The minimum atomic E-state index is -1.46. The molecule has 2 aromatic rings. The smallest absolute Gasteiger partial charge is 0.326 e. The van der Waals surface area contributed by atoms with Gasteiger partial charge in [0, 0.05) is 30.6 Å². The summed E-state index contributed by atoms with van der Waals surface area (Å²) in [5, 5.41) is 37.0. The molecule has 0 aliphatic carbocycles. The Labute approximate surface area is 192 Å². The average molecular weight is 472 g/mol. The summed E-state index contributed by atoms with van der Waals surface area (Å²) in [5.41, 5.74) is 6.30. The normalized spacial score (nSPS) is 16.1. The number of nitrogens with zero attached hydrogens (tertiary/aromatic N) is 1. The van der Waals surface area contributed by atoms with Gasteiger partial charge >= 0.3 is 11.9 Å². The quantitative estimate of drug-likeness (QED) is 0.202. The van der Waals surface area contributed by atoms with Gasteiger partial charge in [0.15, 0.2) is 5.82 Å². The number of nitrogens with two attached hydrogens (primary N) is 1. The van der Waals surface area contributed by atoms with Crippen LogP contribution >= 0.6 is 0 Å². The molecule has 10 N–H and O–H groups in total. The molecule has 1 aliphatic rings. The van der Waals surface area contributed by atoms with Gasteiger partial charge in [-0.05, 0) is 30.7 Å². The van der Waals surface area contributed by atoms with Crippen LogP contribution in [0.15, 0.2) is 29.1 Å². The standard InChI is InChI=1S/C20H24N8O6/c21-6-10(18(31)32)5-13(19(33)34)26-16(29)9-1-3-11(4-2-9)23-7-12-8-24-15-14(25-12)17(30)28-20(22)27-15/h1-4,6,10,12-13,21,23,25H,5,7-8H2,(H,26,29)(H,31,32)(H,33,34)(H4,22,24,27,28,30)/t10?,12-,13-/m0/s1. The van der Waals surface area contributed by atoms with E-state index >= 15 is 0 Å². The molecule has 14 nitrogen and oxygen atoms in total. The molecule has 180 valence electrons. The van der Waals surface area contributed by atoms with Crippen molar-refractivity contribution >= 4 is 47.2 Å². The van der Waals surface area contributed by atoms with Gasteiger partial charge in [-0.15, -0.1) is 0 Å². The molecule has 3 atom stereocenters. The van der Waals surface area contributed by atoms with Crippen molar-refractivity contribution in [3.63, 3.8) is 0 Å². The number of fused-ring (bicyclic) bond motifs is 1. The van der Waals surface area contributed by atoms with Crippen LogP contribution in [0, 0.1) is 11.3 Å². The van der Waals surface area contributed by atoms with Gasteiger partial charge in [0.25, 0.3) is 11.5 Å². The van der Waals surface area contributed by atoms with Crippen LogP contribution in [0.1, 0.15) is 16.8 Å². The van der Waals surface area contributed by atoms with E-state index in [4.69, 9.17) is 16.2 Å². The molecular weight excluding hydrogens is 448 g/mol. The number of anilines is 4. The van der Waals surface area contributed by atoms with Crippen LogP contribution < -0.4 is 32.6 Å². The Kier molecular flexibility index (Phi) is 7.30. The van der Waals surface area contributed by atoms with Crippen molar-refractivity contribution in [3.8, 4) is 0 Å². The molecule has 1 aromatic heterocycles. The van der Waals surface area contributed by atoms with E-state index in [-0.39, 0.29) is 23.1 Å². The van der Waals surface area contributed by atoms with E-state index in [1.165, 1.54) is 12.1 Å². The second kappa shape index (κ2) is 10.3. The molecular formula is C20H24N8O6. The second-order valence-electron chi connectivity index (χ2n) is 7.57. The van der Waals surface area contributed by atoms with Crippen molar-refractivity contribution in [1.82, 2.24) is 15.3 Å². The van der Waals surface area contributed by atoms with Crippen molar-refractivity contribution in [3.05, 3.63) is 40.2 Å². The Morgan fingerprint density at radius 3 is 2.56 bits per heavy atom. The maximum atomic E-state index is 12.4. The Hall–Kier alpha value is -4.62. The predicted octanol–water partition coefficient (Wildman–Crippen LogP) is -0.406. The maximum Gasteiger partial charge on any atom is 0.326 e. The fraction of sp³-hybridized carbons (Fsp3) is 0.300. The first kappa shape index (κ1) is 24.0. The number of hydrogen-bond acceptors (Lipinski definition) is 10. The number of aromatic nitrogens is 2. The van der Waals surface area contributed by atoms with Gasteiger partial charge in [0.05, 0.1) is 12.0 Å². The van der Waals surface area contributed by atoms with Gasteiger partial charge in [0.1, 0.15) is 11.7 Å². The zero-order valence-electron chi connectivity index (χ0n) is 17.8. The first-order chi connectivity index (χ1) is 16.2. The molecule has 2 heterocycles. The Morgan fingerprint density at radius 1 is 1.24 bits per heavy atom. The van der Waals surface area contributed by atoms with Crippen LogP contribution in [-0.2, 0) is 9.59 Å². The summed E-state index contributed by atoms with van der Waals surface area (Å²) in [4.78, 5) is 53.4. The molecule has 1 aliphatic heterocycles. The highest BCUT2D eigenvalue weighted by atomic mass is 16.4. The number of amides is 1. The molecule has 0 saturated carbocycles. The van der Waals surface area contributed by atoms with Crippen LogP contribution in [0.5, 0.6) is 0 Å². The highest BCUT2D eigenvalue weighted by molar-refractivity contribution is 5.97. The number of nitrogens with one attached hydrogen (secondary N) is 6. The van der Waals surface area contributed by atoms with Gasteiger partial charge in [-0.25, -0.2) is 4.79 Å². The number of hydrogen-bond donors (Lipinski definition) is 9. The molecule has 14 heteroatoms. The Balaban J connectivity index is 1.56. The number of aliphatic carboxylic acids is 2. The van der Waals surface area contributed by atoms with Gasteiger partial charge < -0.3 is 42.6 Å². The Morgan fingerprint density at radius 2 is 1.94 bits per heavy atom. The van der Waals surface area contributed by atoms with E-state index in [2.05, 4.69) is 31.2 Å². The Bertz CT molecular complexity index is 1150. The zero-order chi connectivity index (χ0) is 24.8. The van der Waals surface area contributed by atoms with Crippen LogP contribution in [0.25, 0.3) is 0 Å². The van der Waals surface area contributed by atoms with Crippen LogP contribution in [0.4, 0.5) is 23.1 Å². The fourth-order valence-corrected chi connectivity index (χ4v) is 3.29. The lowest BCUT2D eigenvalue weighted by atomic mass is 10.0. The van der Waals surface area contributed by atoms with Gasteiger partial charge in [0.2, 0.25) is 5.95 Å².